The van der Waals surface area contributed by atoms with Gasteiger partial charge in [0.05, 0.1) is 16.7 Å². The van der Waals surface area contributed by atoms with Crippen LogP contribution in [0.2, 0.25) is 10.0 Å². The molecule has 2 N–H and O–H groups in total. The first-order valence-electron chi connectivity index (χ1n) is 7.22. The van der Waals surface area contributed by atoms with E-state index in [-0.39, 0.29) is 18.8 Å². The summed E-state index contributed by atoms with van der Waals surface area (Å²) in [5.41, 5.74) is 0.301. The van der Waals surface area contributed by atoms with Gasteiger partial charge in [-0.05, 0) is 17.7 Å². The number of fused-ring (bicyclic) bond motifs is 1. The van der Waals surface area contributed by atoms with Crippen molar-refractivity contribution < 1.29 is 15.0 Å². The Hall–Kier alpha value is -2.02. The molecule has 0 atom stereocenters. The standard InChI is InChI=1S/C16H14Cl2N2O4/c17-11-2-1-9(5-12(11)18)7-19-3-4-20-10(8-21)6-13(22)15(23)14(20)16(19)24/h1-2,5-6,21,23H,3-4,7-8H2. The van der Waals surface area contributed by atoms with Crippen LogP contribution in [0.25, 0.3) is 0 Å². The summed E-state index contributed by atoms with van der Waals surface area (Å²) in [6, 6.07) is 6.21. The largest absolute Gasteiger partial charge is 0.503 e. The average Bonchev–Trinajstić information content (AvgIpc) is 2.56. The number of hydrogen-bond acceptors (Lipinski definition) is 4. The van der Waals surface area contributed by atoms with E-state index in [4.69, 9.17) is 23.2 Å². The Morgan fingerprint density at radius 3 is 2.50 bits per heavy atom. The van der Waals surface area contributed by atoms with E-state index in [9.17, 15) is 19.8 Å². The van der Waals surface area contributed by atoms with Crippen LogP contribution in [-0.4, -0.2) is 32.1 Å². The first-order valence-corrected chi connectivity index (χ1v) is 7.97. The van der Waals surface area contributed by atoms with Crippen molar-refractivity contribution in [3.63, 3.8) is 0 Å². The molecule has 1 aliphatic heterocycles. The second-order valence-electron chi connectivity index (χ2n) is 5.48. The first-order chi connectivity index (χ1) is 11.4. The quantitative estimate of drug-likeness (QED) is 0.867. The fraction of sp³-hybridized carbons (Fsp3) is 0.250. The van der Waals surface area contributed by atoms with Gasteiger partial charge in [0.1, 0.15) is 0 Å². The molecule has 1 aromatic heterocycles. The number of aliphatic hydroxyl groups excluding tert-OH is 1. The number of rotatable bonds is 3. The van der Waals surface area contributed by atoms with Crippen LogP contribution in [0.3, 0.4) is 0 Å². The summed E-state index contributed by atoms with van der Waals surface area (Å²) < 4.78 is 1.48. The molecule has 2 aromatic rings. The lowest BCUT2D eigenvalue weighted by molar-refractivity contribution is 0.0678. The molecule has 0 aliphatic carbocycles. The highest BCUT2D eigenvalue weighted by atomic mass is 35.5. The van der Waals surface area contributed by atoms with Crippen LogP contribution in [0.4, 0.5) is 0 Å². The number of nitrogens with zero attached hydrogens (tertiary/aromatic N) is 2. The maximum Gasteiger partial charge on any atom is 0.274 e. The van der Waals surface area contributed by atoms with Crippen molar-refractivity contribution in [1.29, 1.82) is 0 Å². The van der Waals surface area contributed by atoms with Crippen molar-refractivity contribution in [2.24, 2.45) is 0 Å². The van der Waals surface area contributed by atoms with Crippen molar-refractivity contribution in [2.75, 3.05) is 6.54 Å². The third-order valence-electron chi connectivity index (χ3n) is 3.97. The highest BCUT2D eigenvalue weighted by molar-refractivity contribution is 6.42. The minimum absolute atomic E-state index is 0.0992. The Balaban J connectivity index is 1.96. The lowest BCUT2D eigenvalue weighted by Crippen LogP contribution is -2.42. The van der Waals surface area contributed by atoms with Gasteiger partial charge in [-0.3, -0.25) is 9.59 Å². The fourth-order valence-corrected chi connectivity index (χ4v) is 3.09. The molecule has 2 heterocycles. The van der Waals surface area contributed by atoms with E-state index in [1.54, 1.807) is 18.2 Å². The van der Waals surface area contributed by atoms with Gasteiger partial charge in [-0.1, -0.05) is 29.3 Å². The van der Waals surface area contributed by atoms with E-state index < -0.39 is 17.1 Å². The van der Waals surface area contributed by atoms with Gasteiger partial charge in [0, 0.05) is 31.4 Å². The van der Waals surface area contributed by atoms with Gasteiger partial charge < -0.3 is 19.7 Å². The smallest absolute Gasteiger partial charge is 0.274 e. The van der Waals surface area contributed by atoms with E-state index >= 15 is 0 Å². The summed E-state index contributed by atoms with van der Waals surface area (Å²) >= 11 is 11.9. The van der Waals surface area contributed by atoms with Crippen molar-refractivity contribution >= 4 is 29.1 Å². The highest BCUT2D eigenvalue weighted by Crippen LogP contribution is 2.26. The van der Waals surface area contributed by atoms with Crippen LogP contribution in [0.15, 0.2) is 29.1 Å². The number of benzene rings is 1. The third-order valence-corrected chi connectivity index (χ3v) is 4.71. The molecule has 3 rings (SSSR count). The number of hydrogen-bond donors (Lipinski definition) is 2. The third kappa shape index (κ3) is 2.88. The molecule has 1 amide bonds. The molecule has 0 spiro atoms. The number of aliphatic hydroxyl groups is 1. The molecular weight excluding hydrogens is 355 g/mol. The van der Waals surface area contributed by atoms with Crippen LogP contribution >= 0.6 is 23.2 Å². The molecule has 0 bridgehead atoms. The monoisotopic (exact) mass is 368 g/mol. The van der Waals surface area contributed by atoms with Gasteiger partial charge >= 0.3 is 0 Å². The number of aromatic nitrogens is 1. The van der Waals surface area contributed by atoms with Gasteiger partial charge in [-0.15, -0.1) is 0 Å². The van der Waals surface area contributed by atoms with Gasteiger partial charge in [0.25, 0.3) is 5.91 Å². The van der Waals surface area contributed by atoms with Gasteiger partial charge in [0.2, 0.25) is 5.43 Å². The normalized spacial score (nSPS) is 14.0. The molecule has 6 nitrogen and oxygen atoms in total. The Morgan fingerprint density at radius 2 is 1.83 bits per heavy atom. The minimum Gasteiger partial charge on any atom is -0.503 e. The van der Waals surface area contributed by atoms with Crippen molar-refractivity contribution in [3.8, 4) is 5.75 Å². The number of carbonyl (C=O) groups is 1. The van der Waals surface area contributed by atoms with Crippen LogP contribution in [0, 0.1) is 0 Å². The molecule has 0 saturated carbocycles. The van der Waals surface area contributed by atoms with Crippen LogP contribution in [-0.2, 0) is 19.7 Å². The van der Waals surface area contributed by atoms with Crippen molar-refractivity contribution in [1.82, 2.24) is 9.47 Å². The number of amides is 1. The number of halogens is 2. The van der Waals surface area contributed by atoms with E-state index in [2.05, 4.69) is 0 Å². The van der Waals surface area contributed by atoms with Gasteiger partial charge in [-0.2, -0.15) is 0 Å². The molecule has 1 aromatic carbocycles. The average molecular weight is 369 g/mol. The molecule has 0 unspecified atom stereocenters. The van der Waals surface area contributed by atoms with E-state index in [0.29, 0.717) is 28.8 Å². The molecule has 0 saturated heterocycles. The van der Waals surface area contributed by atoms with E-state index in [1.807, 2.05) is 0 Å². The SMILES string of the molecule is O=C1c2c(O)c(=O)cc(CO)n2CCN1Cc1ccc(Cl)c(Cl)c1. The fourth-order valence-electron chi connectivity index (χ4n) is 2.77. The van der Waals surface area contributed by atoms with Gasteiger partial charge in [-0.25, -0.2) is 0 Å². The van der Waals surface area contributed by atoms with Crippen LogP contribution < -0.4 is 5.43 Å². The molecular formula is C16H14Cl2N2O4. The molecule has 0 fully saturated rings. The molecule has 24 heavy (non-hydrogen) atoms. The Kier molecular flexibility index (Phi) is 4.54. The molecule has 0 radical (unpaired) electrons. The summed E-state index contributed by atoms with van der Waals surface area (Å²) in [5.74, 6) is -1.08. The summed E-state index contributed by atoms with van der Waals surface area (Å²) in [4.78, 5) is 26.0. The summed E-state index contributed by atoms with van der Waals surface area (Å²) in [6.07, 6.45) is 0. The molecule has 126 valence electrons. The predicted molar refractivity (Wildman–Crippen MR) is 89.5 cm³/mol. The molecule has 1 aliphatic rings. The number of aromatic hydroxyl groups is 1. The summed E-state index contributed by atoms with van der Waals surface area (Å²) in [5, 5.41) is 20.2. The Labute approximate surface area is 147 Å². The predicted octanol–water partition coefficient (Wildman–Crippen LogP) is 2.01. The zero-order valence-electron chi connectivity index (χ0n) is 12.5. The Bertz CT molecular complexity index is 879. The highest BCUT2D eigenvalue weighted by Gasteiger charge is 2.29. The number of carbonyl (C=O) groups excluding carboxylic acids is 1. The lowest BCUT2D eigenvalue weighted by Gasteiger charge is -2.31. The zero-order valence-corrected chi connectivity index (χ0v) is 14.0. The molecule has 8 heteroatoms. The summed E-state index contributed by atoms with van der Waals surface area (Å²) in [7, 11) is 0. The first kappa shape index (κ1) is 16.8. The summed E-state index contributed by atoms with van der Waals surface area (Å²) in [6.45, 7) is 0.628. The van der Waals surface area contributed by atoms with E-state index in [1.165, 1.54) is 9.47 Å². The maximum absolute atomic E-state index is 12.7. The van der Waals surface area contributed by atoms with Gasteiger partial charge in [0.15, 0.2) is 11.4 Å². The zero-order chi connectivity index (χ0) is 17.4. The second kappa shape index (κ2) is 6.47. The van der Waals surface area contributed by atoms with E-state index in [0.717, 1.165) is 11.6 Å². The Morgan fingerprint density at radius 1 is 1.08 bits per heavy atom. The van der Waals surface area contributed by atoms with Crippen molar-refractivity contribution in [2.45, 2.75) is 19.7 Å². The maximum atomic E-state index is 12.7. The minimum atomic E-state index is -0.685. The lowest BCUT2D eigenvalue weighted by atomic mass is 10.1. The van der Waals surface area contributed by atoms with Crippen molar-refractivity contribution in [3.05, 3.63) is 61.5 Å². The topological polar surface area (TPSA) is 82.8 Å². The second-order valence-corrected chi connectivity index (χ2v) is 6.30. The number of pyridine rings is 1. The van der Waals surface area contributed by atoms with Crippen LogP contribution in [0.1, 0.15) is 21.7 Å². The van der Waals surface area contributed by atoms with Crippen LogP contribution in [0.5, 0.6) is 5.75 Å².